The maximum Gasteiger partial charge on any atom is 0.416 e. The lowest BCUT2D eigenvalue weighted by Crippen LogP contribution is -2.18. The minimum atomic E-state index is -4.52. The van der Waals surface area contributed by atoms with Crippen LogP contribution in [0.1, 0.15) is 32.6 Å². The SMILES string of the molecule is Cc1ccc(COc2ccc(/C=N/NC(=O)c3cccc(C(F)(F)F)c3)cc2Br)cc1. The Labute approximate surface area is 185 Å². The van der Waals surface area contributed by atoms with Crippen molar-refractivity contribution in [3.05, 3.63) is 99.0 Å². The maximum atomic E-state index is 12.8. The summed E-state index contributed by atoms with van der Waals surface area (Å²) >= 11 is 3.44. The average molecular weight is 491 g/mol. The van der Waals surface area contributed by atoms with Gasteiger partial charge in [0.15, 0.2) is 0 Å². The number of hydrazone groups is 1. The maximum absolute atomic E-state index is 12.8. The lowest BCUT2D eigenvalue weighted by molar-refractivity contribution is -0.137. The number of nitrogens with zero attached hydrogens (tertiary/aromatic N) is 1. The van der Waals surface area contributed by atoms with Crippen LogP contribution in [0.5, 0.6) is 5.75 Å². The van der Waals surface area contributed by atoms with E-state index in [0.29, 0.717) is 22.4 Å². The minimum Gasteiger partial charge on any atom is -0.488 e. The Bertz CT molecular complexity index is 1100. The zero-order chi connectivity index (χ0) is 22.4. The summed E-state index contributed by atoms with van der Waals surface area (Å²) in [6.45, 7) is 2.43. The van der Waals surface area contributed by atoms with E-state index < -0.39 is 17.6 Å². The van der Waals surface area contributed by atoms with Crippen molar-refractivity contribution in [2.45, 2.75) is 19.7 Å². The molecule has 3 aromatic carbocycles. The summed E-state index contributed by atoms with van der Waals surface area (Å²) < 4.78 is 44.8. The molecule has 0 fully saturated rings. The second kappa shape index (κ2) is 9.78. The van der Waals surface area contributed by atoms with Crippen LogP contribution in [-0.4, -0.2) is 12.1 Å². The number of amides is 1. The lowest BCUT2D eigenvalue weighted by atomic mass is 10.1. The molecule has 0 unspecified atom stereocenters. The molecule has 1 amide bonds. The standard InChI is InChI=1S/C23H18BrF3N2O2/c1-15-5-7-16(8-6-15)14-31-21-10-9-17(11-20(21)24)13-28-29-22(30)18-3-2-4-19(12-18)23(25,26)27/h2-13H,14H2,1H3,(H,29,30)/b28-13+. The van der Waals surface area contributed by atoms with Gasteiger partial charge >= 0.3 is 6.18 Å². The summed E-state index contributed by atoms with van der Waals surface area (Å²) in [5, 5.41) is 3.81. The van der Waals surface area contributed by atoms with Crippen LogP contribution in [0.3, 0.4) is 0 Å². The summed E-state index contributed by atoms with van der Waals surface area (Å²) in [4.78, 5) is 12.1. The molecule has 0 aliphatic heterocycles. The molecular weight excluding hydrogens is 473 g/mol. The number of carbonyl (C=O) groups is 1. The first kappa shape index (κ1) is 22.6. The van der Waals surface area contributed by atoms with Crippen molar-refractivity contribution in [1.82, 2.24) is 5.43 Å². The van der Waals surface area contributed by atoms with E-state index in [2.05, 4.69) is 26.5 Å². The van der Waals surface area contributed by atoms with Gasteiger partial charge in [0.05, 0.1) is 16.3 Å². The highest BCUT2D eigenvalue weighted by molar-refractivity contribution is 9.10. The molecule has 8 heteroatoms. The van der Waals surface area contributed by atoms with Crippen LogP contribution in [0.2, 0.25) is 0 Å². The predicted octanol–water partition coefficient (Wildman–Crippen LogP) is 6.12. The van der Waals surface area contributed by atoms with Crippen LogP contribution in [0, 0.1) is 6.92 Å². The molecular formula is C23H18BrF3N2O2. The summed E-state index contributed by atoms with van der Waals surface area (Å²) in [6.07, 6.45) is -3.13. The number of nitrogens with one attached hydrogen (secondary N) is 1. The molecule has 0 bridgehead atoms. The third-order valence-corrected chi connectivity index (χ3v) is 4.92. The Morgan fingerprint density at radius 2 is 1.84 bits per heavy atom. The minimum absolute atomic E-state index is 0.131. The van der Waals surface area contributed by atoms with Gasteiger partial charge in [0.1, 0.15) is 12.4 Å². The van der Waals surface area contributed by atoms with Gasteiger partial charge in [-0.05, 0) is 70.4 Å². The van der Waals surface area contributed by atoms with Crippen LogP contribution in [-0.2, 0) is 12.8 Å². The number of hydrogen-bond donors (Lipinski definition) is 1. The molecule has 0 spiro atoms. The largest absolute Gasteiger partial charge is 0.488 e. The number of carbonyl (C=O) groups excluding carboxylic acids is 1. The monoisotopic (exact) mass is 490 g/mol. The van der Waals surface area contributed by atoms with Gasteiger partial charge in [-0.3, -0.25) is 4.79 Å². The fourth-order valence-electron chi connectivity index (χ4n) is 2.63. The molecule has 0 aliphatic rings. The van der Waals surface area contributed by atoms with Gasteiger partial charge in [0.2, 0.25) is 0 Å². The van der Waals surface area contributed by atoms with E-state index in [0.717, 1.165) is 17.7 Å². The Hall–Kier alpha value is -3.13. The van der Waals surface area contributed by atoms with Crippen LogP contribution in [0.15, 0.2) is 76.3 Å². The number of benzene rings is 3. The molecule has 31 heavy (non-hydrogen) atoms. The Kier molecular flexibility index (Phi) is 7.12. The molecule has 0 heterocycles. The number of hydrogen-bond acceptors (Lipinski definition) is 3. The topological polar surface area (TPSA) is 50.7 Å². The highest BCUT2D eigenvalue weighted by Gasteiger charge is 2.30. The van der Waals surface area contributed by atoms with Gasteiger partial charge in [-0.15, -0.1) is 0 Å². The van der Waals surface area contributed by atoms with Crippen molar-refractivity contribution in [2.75, 3.05) is 0 Å². The number of alkyl halides is 3. The predicted molar refractivity (Wildman–Crippen MR) is 116 cm³/mol. The molecule has 3 rings (SSSR count). The highest BCUT2D eigenvalue weighted by atomic mass is 79.9. The molecule has 0 saturated heterocycles. The van der Waals surface area contributed by atoms with Crippen molar-refractivity contribution in [3.8, 4) is 5.75 Å². The quantitative estimate of drug-likeness (QED) is 0.334. The van der Waals surface area contributed by atoms with Crippen molar-refractivity contribution in [3.63, 3.8) is 0 Å². The smallest absolute Gasteiger partial charge is 0.416 e. The normalized spacial score (nSPS) is 11.5. The molecule has 160 valence electrons. The second-order valence-corrected chi connectivity index (χ2v) is 7.60. The van der Waals surface area contributed by atoms with E-state index in [9.17, 15) is 18.0 Å². The molecule has 0 atom stereocenters. The zero-order valence-corrected chi connectivity index (χ0v) is 18.0. The summed E-state index contributed by atoms with van der Waals surface area (Å²) in [6, 6.07) is 17.4. The van der Waals surface area contributed by atoms with E-state index >= 15 is 0 Å². The summed E-state index contributed by atoms with van der Waals surface area (Å²) in [7, 11) is 0. The van der Waals surface area contributed by atoms with Crippen molar-refractivity contribution in [1.29, 1.82) is 0 Å². The van der Waals surface area contributed by atoms with Crippen LogP contribution >= 0.6 is 15.9 Å². The Morgan fingerprint density at radius 1 is 1.10 bits per heavy atom. The van der Waals surface area contributed by atoms with E-state index in [1.165, 1.54) is 23.9 Å². The van der Waals surface area contributed by atoms with Crippen molar-refractivity contribution < 1.29 is 22.7 Å². The molecule has 3 aromatic rings. The van der Waals surface area contributed by atoms with Crippen molar-refractivity contribution in [2.24, 2.45) is 5.10 Å². The first-order valence-corrected chi connectivity index (χ1v) is 10.0. The second-order valence-electron chi connectivity index (χ2n) is 6.74. The van der Waals surface area contributed by atoms with E-state index in [-0.39, 0.29) is 5.56 Å². The molecule has 1 N–H and O–H groups in total. The van der Waals surface area contributed by atoms with Crippen LogP contribution in [0.25, 0.3) is 0 Å². The molecule has 0 saturated carbocycles. The van der Waals surface area contributed by atoms with Gasteiger partial charge in [0.25, 0.3) is 5.91 Å². The van der Waals surface area contributed by atoms with Crippen molar-refractivity contribution >= 4 is 28.1 Å². The zero-order valence-electron chi connectivity index (χ0n) is 16.4. The fraction of sp³-hybridized carbons (Fsp3) is 0.130. The molecule has 4 nitrogen and oxygen atoms in total. The van der Waals surface area contributed by atoms with E-state index in [1.54, 1.807) is 18.2 Å². The first-order chi connectivity index (χ1) is 14.7. The third-order valence-electron chi connectivity index (χ3n) is 4.30. The summed E-state index contributed by atoms with van der Waals surface area (Å²) in [5.74, 6) is -0.0924. The molecule has 0 radical (unpaired) electrons. The fourth-order valence-corrected chi connectivity index (χ4v) is 3.14. The molecule has 0 aromatic heterocycles. The van der Waals surface area contributed by atoms with Gasteiger partial charge < -0.3 is 4.74 Å². The van der Waals surface area contributed by atoms with Crippen LogP contribution < -0.4 is 10.2 Å². The number of aryl methyl sites for hydroxylation is 1. The van der Waals surface area contributed by atoms with E-state index in [4.69, 9.17) is 4.74 Å². The number of halogens is 4. The van der Waals surface area contributed by atoms with Crippen LogP contribution in [0.4, 0.5) is 13.2 Å². The van der Waals surface area contributed by atoms with Gasteiger partial charge in [0, 0.05) is 5.56 Å². The highest BCUT2D eigenvalue weighted by Crippen LogP contribution is 2.29. The van der Waals surface area contributed by atoms with Gasteiger partial charge in [-0.1, -0.05) is 35.9 Å². The number of ether oxygens (including phenoxy) is 1. The Morgan fingerprint density at radius 3 is 2.52 bits per heavy atom. The van der Waals surface area contributed by atoms with Gasteiger partial charge in [-0.2, -0.15) is 18.3 Å². The number of rotatable bonds is 6. The average Bonchev–Trinajstić information content (AvgIpc) is 2.74. The van der Waals surface area contributed by atoms with Gasteiger partial charge in [-0.25, -0.2) is 5.43 Å². The van der Waals surface area contributed by atoms with E-state index in [1.807, 2.05) is 31.2 Å². The first-order valence-electron chi connectivity index (χ1n) is 9.21. The Balaban J connectivity index is 1.59. The molecule has 0 aliphatic carbocycles. The summed E-state index contributed by atoms with van der Waals surface area (Å²) in [5.41, 5.74) is 4.08. The third kappa shape index (κ3) is 6.42. The lowest BCUT2D eigenvalue weighted by Gasteiger charge is -2.09.